The van der Waals surface area contributed by atoms with Crippen molar-refractivity contribution in [2.45, 2.75) is 13.1 Å². The predicted molar refractivity (Wildman–Crippen MR) is 59.4 cm³/mol. The van der Waals surface area contributed by atoms with Gasteiger partial charge in [0.25, 0.3) is 0 Å². The Kier molecular flexibility index (Phi) is 2.90. The zero-order chi connectivity index (χ0) is 13.3. The summed E-state index contributed by atoms with van der Waals surface area (Å²) in [4.78, 5) is 11.3. The Morgan fingerprint density at radius 1 is 1.11 bits per heavy atom. The second kappa shape index (κ2) is 4.25. The molecule has 2 rings (SSSR count). The summed E-state index contributed by atoms with van der Waals surface area (Å²) in [7, 11) is 0. The maximum Gasteiger partial charge on any atom is 0.419 e. The van der Waals surface area contributed by atoms with Crippen LogP contribution < -0.4 is 5.73 Å². The second-order valence-corrected chi connectivity index (χ2v) is 3.68. The van der Waals surface area contributed by atoms with Gasteiger partial charge in [-0.15, -0.1) is 0 Å². The molecule has 0 saturated carbocycles. The molecule has 0 aliphatic rings. The number of nitrogen functional groups attached to an aromatic ring is 1. The quantitative estimate of drug-likeness (QED) is 0.848. The molecule has 0 aromatic carbocycles. The van der Waals surface area contributed by atoms with Crippen molar-refractivity contribution in [2.24, 2.45) is 0 Å². The number of aromatic nitrogens is 3. The molecule has 2 heterocycles. The Balaban J connectivity index is 2.41. The zero-order valence-electron chi connectivity index (χ0n) is 9.36. The largest absolute Gasteiger partial charge is 0.419 e. The van der Waals surface area contributed by atoms with Crippen LogP contribution in [0.1, 0.15) is 11.3 Å². The van der Waals surface area contributed by atoms with Crippen LogP contribution in [0.3, 0.4) is 0 Å². The van der Waals surface area contributed by atoms with E-state index in [1.807, 2.05) is 0 Å². The van der Waals surface area contributed by atoms with E-state index < -0.39 is 11.7 Å². The molecule has 0 unspecified atom stereocenters. The topological polar surface area (TPSA) is 64.7 Å². The van der Waals surface area contributed by atoms with Gasteiger partial charge in [-0.05, 0) is 19.1 Å². The lowest BCUT2D eigenvalue weighted by Crippen LogP contribution is -2.07. The highest BCUT2D eigenvalue weighted by molar-refractivity contribution is 5.67. The lowest BCUT2D eigenvalue weighted by Gasteiger charge is -2.07. The number of hydrogen-bond donors (Lipinski definition) is 1. The minimum absolute atomic E-state index is 0.119. The highest BCUT2D eigenvalue weighted by Gasteiger charge is 2.31. The van der Waals surface area contributed by atoms with Gasteiger partial charge < -0.3 is 5.73 Å². The lowest BCUT2D eigenvalue weighted by atomic mass is 10.2. The van der Waals surface area contributed by atoms with Gasteiger partial charge in [0.15, 0.2) is 5.82 Å². The third-order valence-electron chi connectivity index (χ3n) is 2.28. The van der Waals surface area contributed by atoms with E-state index in [0.717, 1.165) is 12.4 Å². The molecular formula is C11H9F3N4. The van der Waals surface area contributed by atoms with E-state index in [4.69, 9.17) is 5.73 Å². The summed E-state index contributed by atoms with van der Waals surface area (Å²) in [5.74, 6) is 0.308. The van der Waals surface area contributed by atoms with Crippen LogP contribution in [-0.4, -0.2) is 15.0 Å². The monoisotopic (exact) mass is 254 g/mol. The van der Waals surface area contributed by atoms with Gasteiger partial charge >= 0.3 is 6.18 Å². The van der Waals surface area contributed by atoms with Crippen LogP contribution in [0.5, 0.6) is 0 Å². The van der Waals surface area contributed by atoms with Gasteiger partial charge in [-0.2, -0.15) is 13.2 Å². The van der Waals surface area contributed by atoms with Crippen molar-refractivity contribution in [2.75, 3.05) is 5.73 Å². The molecule has 0 bridgehead atoms. The minimum Gasteiger partial charge on any atom is -0.383 e. The molecule has 7 heteroatoms. The van der Waals surface area contributed by atoms with Crippen LogP contribution in [0, 0.1) is 6.92 Å². The summed E-state index contributed by atoms with van der Waals surface area (Å²) in [5.41, 5.74) is 5.89. The van der Waals surface area contributed by atoms with Crippen LogP contribution in [0.4, 0.5) is 19.0 Å². The molecule has 0 aliphatic heterocycles. The van der Waals surface area contributed by atoms with Gasteiger partial charge in [0, 0.05) is 18.1 Å². The standard InChI is InChI=1S/C11H9F3N4/c1-6-2-3-8(9(15)18-6)10-16-4-7(5-17-10)11(12,13)14/h2-5H,1H3,(H2,15,18). The number of nitrogens with two attached hydrogens (primary N) is 1. The Bertz CT molecular complexity index is 563. The van der Waals surface area contributed by atoms with Crippen LogP contribution in [0.25, 0.3) is 11.4 Å². The zero-order valence-corrected chi connectivity index (χ0v) is 9.36. The van der Waals surface area contributed by atoms with Gasteiger partial charge in [-0.3, -0.25) is 0 Å². The van der Waals surface area contributed by atoms with Crippen molar-refractivity contribution < 1.29 is 13.2 Å². The molecule has 4 nitrogen and oxygen atoms in total. The van der Waals surface area contributed by atoms with Crippen LogP contribution >= 0.6 is 0 Å². The number of pyridine rings is 1. The van der Waals surface area contributed by atoms with E-state index in [1.54, 1.807) is 19.1 Å². The molecule has 0 aliphatic carbocycles. The molecule has 0 fully saturated rings. The first kappa shape index (κ1) is 12.3. The maximum absolute atomic E-state index is 12.3. The average molecular weight is 254 g/mol. The highest BCUT2D eigenvalue weighted by Crippen LogP contribution is 2.29. The van der Waals surface area contributed by atoms with Crippen molar-refractivity contribution >= 4 is 5.82 Å². The summed E-state index contributed by atoms with van der Waals surface area (Å²) in [5, 5.41) is 0. The van der Waals surface area contributed by atoms with E-state index in [-0.39, 0.29) is 11.6 Å². The van der Waals surface area contributed by atoms with Crippen molar-refractivity contribution in [3.05, 3.63) is 35.8 Å². The van der Waals surface area contributed by atoms with E-state index in [2.05, 4.69) is 15.0 Å². The Morgan fingerprint density at radius 2 is 1.72 bits per heavy atom. The van der Waals surface area contributed by atoms with Crippen molar-refractivity contribution in [3.8, 4) is 11.4 Å². The molecule has 2 N–H and O–H groups in total. The maximum atomic E-state index is 12.3. The fourth-order valence-corrected chi connectivity index (χ4v) is 1.38. The Hall–Kier alpha value is -2.18. The Labute approximate surface area is 101 Å². The number of hydrogen-bond acceptors (Lipinski definition) is 4. The third kappa shape index (κ3) is 2.39. The number of aryl methyl sites for hydroxylation is 1. The number of rotatable bonds is 1. The molecule has 94 valence electrons. The SMILES string of the molecule is Cc1ccc(-c2ncc(C(F)(F)F)cn2)c(N)n1. The summed E-state index contributed by atoms with van der Waals surface area (Å²) in [6.07, 6.45) is -3.00. The van der Waals surface area contributed by atoms with E-state index in [9.17, 15) is 13.2 Å². The number of halogens is 3. The number of nitrogens with zero attached hydrogens (tertiary/aromatic N) is 3. The second-order valence-electron chi connectivity index (χ2n) is 3.68. The minimum atomic E-state index is -4.45. The van der Waals surface area contributed by atoms with Crippen LogP contribution in [0.2, 0.25) is 0 Å². The van der Waals surface area contributed by atoms with E-state index >= 15 is 0 Å². The summed E-state index contributed by atoms with van der Waals surface area (Å²) < 4.78 is 37.0. The predicted octanol–water partition coefficient (Wildman–Crippen LogP) is 2.45. The van der Waals surface area contributed by atoms with Gasteiger partial charge in [-0.1, -0.05) is 0 Å². The highest BCUT2D eigenvalue weighted by atomic mass is 19.4. The lowest BCUT2D eigenvalue weighted by molar-refractivity contribution is -0.138. The first-order valence-corrected chi connectivity index (χ1v) is 5.00. The van der Waals surface area contributed by atoms with Gasteiger partial charge in [0.1, 0.15) is 5.82 Å². The molecule has 0 atom stereocenters. The smallest absolute Gasteiger partial charge is 0.383 e. The number of anilines is 1. The number of alkyl halides is 3. The van der Waals surface area contributed by atoms with E-state index in [1.165, 1.54) is 0 Å². The molecular weight excluding hydrogens is 245 g/mol. The van der Waals surface area contributed by atoms with Crippen molar-refractivity contribution in [1.82, 2.24) is 15.0 Å². The molecule has 2 aromatic rings. The summed E-state index contributed by atoms with van der Waals surface area (Å²) >= 11 is 0. The summed E-state index contributed by atoms with van der Waals surface area (Å²) in [6, 6.07) is 3.31. The fourth-order valence-electron chi connectivity index (χ4n) is 1.38. The fraction of sp³-hybridized carbons (Fsp3) is 0.182. The Morgan fingerprint density at radius 3 is 2.22 bits per heavy atom. The first-order chi connectivity index (χ1) is 8.38. The molecule has 0 spiro atoms. The molecule has 0 saturated heterocycles. The van der Waals surface area contributed by atoms with Gasteiger partial charge in [0.05, 0.1) is 11.1 Å². The first-order valence-electron chi connectivity index (χ1n) is 5.00. The van der Waals surface area contributed by atoms with Crippen molar-refractivity contribution in [3.63, 3.8) is 0 Å². The van der Waals surface area contributed by atoms with Gasteiger partial charge in [-0.25, -0.2) is 15.0 Å². The molecule has 0 radical (unpaired) electrons. The third-order valence-corrected chi connectivity index (χ3v) is 2.28. The van der Waals surface area contributed by atoms with Crippen LogP contribution in [0.15, 0.2) is 24.5 Å². The normalized spacial score (nSPS) is 11.6. The average Bonchev–Trinajstić information content (AvgIpc) is 2.28. The molecule has 18 heavy (non-hydrogen) atoms. The molecule has 0 amide bonds. The molecule has 2 aromatic heterocycles. The van der Waals surface area contributed by atoms with Gasteiger partial charge in [0.2, 0.25) is 0 Å². The van der Waals surface area contributed by atoms with Crippen LogP contribution in [-0.2, 0) is 6.18 Å². The summed E-state index contributed by atoms with van der Waals surface area (Å²) in [6.45, 7) is 1.76. The van der Waals surface area contributed by atoms with Crippen molar-refractivity contribution in [1.29, 1.82) is 0 Å². The van der Waals surface area contributed by atoms with E-state index in [0.29, 0.717) is 11.3 Å².